The van der Waals surface area contributed by atoms with Crippen molar-refractivity contribution < 1.29 is 9.59 Å². The van der Waals surface area contributed by atoms with Crippen molar-refractivity contribution in [2.24, 2.45) is 0 Å². The van der Waals surface area contributed by atoms with Crippen LogP contribution in [0.4, 0.5) is 11.4 Å². The summed E-state index contributed by atoms with van der Waals surface area (Å²) in [7, 11) is 0. The zero-order chi connectivity index (χ0) is 25.7. The average molecular weight is 528 g/mol. The van der Waals surface area contributed by atoms with Gasteiger partial charge in [-0.05, 0) is 75.1 Å². The molecule has 0 saturated carbocycles. The van der Waals surface area contributed by atoms with Gasteiger partial charge in [-0.25, -0.2) is 0 Å². The predicted octanol–water partition coefficient (Wildman–Crippen LogP) is 4.01. The number of nitrogens with zero attached hydrogens (tertiary/aromatic N) is 4. The van der Waals surface area contributed by atoms with Crippen molar-refractivity contribution in [3.05, 3.63) is 59.1 Å². The maximum Gasteiger partial charge on any atom is 0.256 e. The summed E-state index contributed by atoms with van der Waals surface area (Å²) >= 11 is 11.7. The van der Waals surface area contributed by atoms with E-state index in [1.165, 1.54) is 0 Å². The van der Waals surface area contributed by atoms with Gasteiger partial charge in [0.1, 0.15) is 6.04 Å². The molecule has 1 N–H and O–H groups in total. The minimum atomic E-state index is -0.636. The van der Waals surface area contributed by atoms with Crippen LogP contribution < -0.4 is 10.2 Å². The van der Waals surface area contributed by atoms with Crippen LogP contribution in [0.2, 0.25) is 5.02 Å². The van der Waals surface area contributed by atoms with Gasteiger partial charge in [-0.3, -0.25) is 14.5 Å². The lowest BCUT2D eigenvalue weighted by Gasteiger charge is -2.34. The van der Waals surface area contributed by atoms with E-state index < -0.39 is 6.04 Å². The third-order valence-corrected chi connectivity index (χ3v) is 7.57. The van der Waals surface area contributed by atoms with Crippen LogP contribution in [0.3, 0.4) is 0 Å². The summed E-state index contributed by atoms with van der Waals surface area (Å²) in [5.41, 5.74) is 2.48. The van der Waals surface area contributed by atoms with E-state index >= 15 is 0 Å². The van der Waals surface area contributed by atoms with Gasteiger partial charge >= 0.3 is 0 Å². The molecule has 1 atom stereocenters. The third-order valence-electron chi connectivity index (χ3n) is 6.90. The van der Waals surface area contributed by atoms with Gasteiger partial charge in [0.25, 0.3) is 5.91 Å². The predicted molar refractivity (Wildman–Crippen MR) is 150 cm³/mol. The van der Waals surface area contributed by atoms with E-state index in [0.717, 1.165) is 56.9 Å². The Labute approximate surface area is 224 Å². The molecule has 0 unspecified atom stereocenters. The molecule has 4 rings (SSSR count). The van der Waals surface area contributed by atoms with Crippen molar-refractivity contribution in [3.63, 3.8) is 0 Å². The van der Waals surface area contributed by atoms with Crippen LogP contribution in [0, 0.1) is 6.92 Å². The van der Waals surface area contributed by atoms with E-state index in [-0.39, 0.29) is 18.2 Å². The zero-order valence-corrected chi connectivity index (χ0v) is 22.5. The Kier molecular flexibility index (Phi) is 8.95. The van der Waals surface area contributed by atoms with Gasteiger partial charge in [-0.2, -0.15) is 0 Å². The largest absolute Gasteiger partial charge is 0.336 e. The zero-order valence-electron chi connectivity index (χ0n) is 21.0. The second-order valence-electron chi connectivity index (χ2n) is 9.39. The summed E-state index contributed by atoms with van der Waals surface area (Å²) in [5, 5.41) is 3.94. The fourth-order valence-corrected chi connectivity index (χ4v) is 5.27. The fourth-order valence-electron chi connectivity index (χ4n) is 4.73. The molecule has 9 heteroatoms. The Morgan fingerprint density at radius 3 is 2.28 bits per heavy atom. The summed E-state index contributed by atoms with van der Waals surface area (Å²) in [4.78, 5) is 34.9. The van der Waals surface area contributed by atoms with Gasteiger partial charge < -0.3 is 20.0 Å². The number of aryl methyl sites for hydroxylation is 1. The van der Waals surface area contributed by atoms with E-state index in [1.54, 1.807) is 29.2 Å². The van der Waals surface area contributed by atoms with E-state index in [0.29, 0.717) is 22.4 Å². The maximum atomic E-state index is 13.6. The molecule has 2 aliphatic heterocycles. The second-order valence-corrected chi connectivity index (χ2v) is 10.2. The van der Waals surface area contributed by atoms with Crippen LogP contribution in [0.1, 0.15) is 25.3 Å². The molecule has 0 aliphatic carbocycles. The lowest BCUT2D eigenvalue weighted by molar-refractivity contribution is -0.124. The number of nitrogens with one attached hydrogen (secondary N) is 1. The number of hydrogen-bond acceptors (Lipinski definition) is 5. The van der Waals surface area contributed by atoms with Crippen LogP contribution in [0.15, 0.2) is 48.5 Å². The van der Waals surface area contributed by atoms with Crippen LogP contribution in [0.25, 0.3) is 0 Å². The molecular weight excluding hydrogens is 494 g/mol. The number of likely N-dealkylation sites (N-methyl/N-ethyl adjacent to an activating group) is 1. The molecule has 2 fully saturated rings. The van der Waals surface area contributed by atoms with Gasteiger partial charge in [-0.15, -0.1) is 0 Å². The Balaban J connectivity index is 1.44. The number of hydrogen-bond donors (Lipinski definition) is 1. The van der Waals surface area contributed by atoms with Gasteiger partial charge in [0.2, 0.25) is 5.91 Å². The number of anilines is 2. The third kappa shape index (κ3) is 6.42. The Morgan fingerprint density at radius 2 is 1.64 bits per heavy atom. The number of benzene rings is 2. The molecule has 2 aliphatic rings. The maximum absolute atomic E-state index is 13.6. The minimum absolute atomic E-state index is 0.0269. The van der Waals surface area contributed by atoms with Gasteiger partial charge in [0.15, 0.2) is 5.11 Å². The molecule has 2 aromatic carbocycles. The Bertz CT molecular complexity index is 1070. The summed E-state index contributed by atoms with van der Waals surface area (Å²) in [6.07, 6.45) is 0.899. The smallest absolute Gasteiger partial charge is 0.256 e. The highest BCUT2D eigenvalue weighted by atomic mass is 35.5. The fraction of sp³-hybridized carbons (Fsp3) is 0.444. The minimum Gasteiger partial charge on any atom is -0.336 e. The van der Waals surface area contributed by atoms with Crippen LogP contribution in [-0.2, 0) is 9.59 Å². The number of carbonyl (C=O) groups excluding carboxylic acids is 2. The number of thiocarbonyl (C=S) groups is 1. The molecule has 2 heterocycles. The number of amides is 2. The first-order valence-corrected chi connectivity index (χ1v) is 13.4. The van der Waals surface area contributed by atoms with E-state index in [4.69, 9.17) is 23.8 Å². The number of halogens is 1. The van der Waals surface area contributed by atoms with Crippen LogP contribution in [0.5, 0.6) is 0 Å². The molecule has 2 aromatic rings. The normalized spacial score (nSPS) is 19.2. The molecular formula is C27H34ClN5O2S. The molecule has 0 spiro atoms. The van der Waals surface area contributed by atoms with E-state index in [2.05, 4.69) is 22.0 Å². The lowest BCUT2D eigenvalue weighted by atomic mass is 10.1. The summed E-state index contributed by atoms with van der Waals surface area (Å²) < 4.78 is 0. The standard InChI is InChI=1S/C27H34ClN5O2S/c1-3-30-15-17-31(18-16-30)13-4-14-32-24(19-25(34)29-22-9-7-21(28)8-10-22)26(35)33(27(32)36)23-11-5-20(2)6-12-23/h5-12,24H,3-4,13-19H2,1-2H3,(H,29,34)/t24-/m0/s1. The van der Waals surface area contributed by atoms with Gasteiger partial charge in [0, 0.05) is 43.4 Å². The summed E-state index contributed by atoms with van der Waals surface area (Å²) in [6, 6.07) is 14.0. The molecule has 0 bridgehead atoms. The van der Waals surface area contributed by atoms with E-state index in [1.807, 2.05) is 36.1 Å². The SMILES string of the molecule is CCN1CCN(CCCN2C(=S)N(c3ccc(C)cc3)C(=O)[C@@H]2CC(=O)Nc2ccc(Cl)cc2)CC1. The first-order valence-electron chi connectivity index (χ1n) is 12.6. The van der Waals surface area contributed by atoms with Crippen molar-refractivity contribution in [3.8, 4) is 0 Å². The molecule has 36 heavy (non-hydrogen) atoms. The van der Waals surface area contributed by atoms with Crippen molar-refractivity contribution in [1.82, 2.24) is 14.7 Å². The average Bonchev–Trinajstić information content (AvgIpc) is 3.10. The first kappa shape index (κ1) is 26.5. The lowest BCUT2D eigenvalue weighted by Crippen LogP contribution is -2.47. The summed E-state index contributed by atoms with van der Waals surface area (Å²) in [6.45, 7) is 11.1. The first-order chi connectivity index (χ1) is 17.4. The number of carbonyl (C=O) groups is 2. The monoisotopic (exact) mass is 527 g/mol. The molecule has 2 amide bonds. The molecule has 2 saturated heterocycles. The molecule has 0 radical (unpaired) electrons. The van der Waals surface area contributed by atoms with Crippen molar-refractivity contribution >= 4 is 52.1 Å². The topological polar surface area (TPSA) is 59.1 Å². The van der Waals surface area contributed by atoms with Crippen molar-refractivity contribution in [2.45, 2.75) is 32.7 Å². The van der Waals surface area contributed by atoms with Crippen molar-refractivity contribution in [2.75, 3.05) is 56.0 Å². The van der Waals surface area contributed by atoms with Gasteiger partial charge in [0.05, 0.1) is 12.1 Å². The molecule has 192 valence electrons. The number of piperazine rings is 1. The molecule has 7 nitrogen and oxygen atoms in total. The highest BCUT2D eigenvalue weighted by molar-refractivity contribution is 7.80. The quantitative estimate of drug-likeness (QED) is 0.497. The van der Waals surface area contributed by atoms with Crippen LogP contribution >= 0.6 is 23.8 Å². The highest BCUT2D eigenvalue weighted by Crippen LogP contribution is 2.28. The van der Waals surface area contributed by atoms with Crippen molar-refractivity contribution in [1.29, 1.82) is 0 Å². The van der Waals surface area contributed by atoms with Gasteiger partial charge in [-0.1, -0.05) is 36.2 Å². The Hall–Kier alpha value is -2.52. The second kappa shape index (κ2) is 12.1. The van der Waals surface area contributed by atoms with E-state index in [9.17, 15) is 9.59 Å². The number of rotatable bonds is 9. The molecule has 0 aromatic heterocycles. The summed E-state index contributed by atoms with van der Waals surface area (Å²) in [5.74, 6) is -0.392. The Morgan fingerprint density at radius 1 is 1.00 bits per heavy atom. The van der Waals surface area contributed by atoms with Crippen LogP contribution in [-0.4, -0.2) is 83.5 Å². The highest BCUT2D eigenvalue weighted by Gasteiger charge is 2.43.